The van der Waals surface area contributed by atoms with Crippen LogP contribution in [0.15, 0.2) is 18.2 Å². The van der Waals surface area contributed by atoms with E-state index in [0.29, 0.717) is 11.5 Å². The van der Waals surface area contributed by atoms with Gasteiger partial charge in [0.15, 0.2) is 0 Å². The van der Waals surface area contributed by atoms with Gasteiger partial charge in [-0.1, -0.05) is 38.2 Å². The molecule has 1 fully saturated rings. The average molecular weight is 267 g/mol. The second-order valence-corrected chi connectivity index (χ2v) is 5.54. The Bertz CT molecular complexity index is 398. The normalized spacial score (nSPS) is 19.7. The molecule has 0 saturated heterocycles. The minimum absolute atomic E-state index is 0.00120. The van der Waals surface area contributed by atoms with Gasteiger partial charge in [-0.2, -0.15) is 0 Å². The van der Waals surface area contributed by atoms with E-state index in [4.69, 9.17) is 0 Å². The first-order valence-electron chi connectivity index (χ1n) is 7.34. The molecule has 0 bridgehead atoms. The van der Waals surface area contributed by atoms with Crippen molar-refractivity contribution in [3.8, 4) is 0 Å². The third-order valence-electron chi connectivity index (χ3n) is 4.23. The summed E-state index contributed by atoms with van der Waals surface area (Å²) in [5, 5.41) is 3.23. The molecule has 1 N–H and O–H groups in total. The number of nitrogens with one attached hydrogen (secondary N) is 1. The van der Waals surface area contributed by atoms with Crippen LogP contribution in [0.2, 0.25) is 0 Å². The molecular formula is C16H23F2N. The van der Waals surface area contributed by atoms with Crippen molar-refractivity contribution in [1.29, 1.82) is 0 Å². The van der Waals surface area contributed by atoms with Crippen LogP contribution in [0.4, 0.5) is 8.78 Å². The van der Waals surface area contributed by atoms with Gasteiger partial charge in [0, 0.05) is 17.7 Å². The van der Waals surface area contributed by atoms with Crippen molar-refractivity contribution < 1.29 is 8.78 Å². The van der Waals surface area contributed by atoms with E-state index in [1.165, 1.54) is 38.2 Å². The lowest BCUT2D eigenvalue weighted by atomic mass is 9.83. The Balaban J connectivity index is 2.17. The first kappa shape index (κ1) is 14.4. The summed E-state index contributed by atoms with van der Waals surface area (Å²) in [6.45, 7) is 0. The zero-order valence-electron chi connectivity index (χ0n) is 11.6. The lowest BCUT2D eigenvalue weighted by Gasteiger charge is -2.29. The molecule has 1 aromatic carbocycles. The summed E-state index contributed by atoms with van der Waals surface area (Å²) >= 11 is 0. The van der Waals surface area contributed by atoms with E-state index in [9.17, 15) is 8.78 Å². The second kappa shape index (κ2) is 6.99. The molecule has 1 aromatic rings. The van der Waals surface area contributed by atoms with Crippen molar-refractivity contribution in [3.05, 3.63) is 35.4 Å². The predicted molar refractivity (Wildman–Crippen MR) is 74.0 cm³/mol. The van der Waals surface area contributed by atoms with Gasteiger partial charge in [0.2, 0.25) is 0 Å². The summed E-state index contributed by atoms with van der Waals surface area (Å²) in [6, 6.07) is 3.93. The zero-order valence-corrected chi connectivity index (χ0v) is 11.6. The minimum Gasteiger partial charge on any atom is -0.313 e. The lowest BCUT2D eigenvalue weighted by Crippen LogP contribution is -2.27. The second-order valence-electron chi connectivity index (χ2n) is 5.54. The maximum Gasteiger partial charge on any atom is 0.130 e. The fourth-order valence-corrected chi connectivity index (χ4v) is 3.22. The van der Waals surface area contributed by atoms with Gasteiger partial charge < -0.3 is 5.32 Å². The summed E-state index contributed by atoms with van der Waals surface area (Å²) in [4.78, 5) is 0. The molecule has 2 rings (SSSR count). The smallest absolute Gasteiger partial charge is 0.130 e. The van der Waals surface area contributed by atoms with Crippen molar-refractivity contribution >= 4 is 0 Å². The monoisotopic (exact) mass is 267 g/mol. The van der Waals surface area contributed by atoms with Crippen LogP contribution in [0, 0.1) is 17.6 Å². The van der Waals surface area contributed by atoms with E-state index in [2.05, 4.69) is 5.32 Å². The van der Waals surface area contributed by atoms with Gasteiger partial charge in [-0.3, -0.25) is 0 Å². The molecule has 0 heterocycles. The predicted octanol–water partition coefficient (Wildman–Crippen LogP) is 4.59. The maximum absolute atomic E-state index is 13.9. The van der Waals surface area contributed by atoms with E-state index >= 15 is 0 Å². The highest BCUT2D eigenvalue weighted by Crippen LogP contribution is 2.33. The SMILES string of the molecule is CNC(c1ccc(F)cc1F)C1CCCCCCC1. The molecule has 3 heteroatoms. The number of hydrogen-bond acceptors (Lipinski definition) is 1. The standard InChI is InChI=1S/C16H23F2N/c1-19-16(12-7-5-3-2-4-6-8-12)14-10-9-13(17)11-15(14)18/h9-12,16,19H,2-8H2,1H3. The highest BCUT2D eigenvalue weighted by molar-refractivity contribution is 5.23. The Kier molecular flexibility index (Phi) is 5.32. The Hall–Kier alpha value is -0.960. The maximum atomic E-state index is 13.9. The number of hydrogen-bond donors (Lipinski definition) is 1. The quantitative estimate of drug-likeness (QED) is 0.845. The summed E-state index contributed by atoms with van der Waals surface area (Å²) in [6.07, 6.45) is 8.56. The molecule has 1 atom stereocenters. The van der Waals surface area contributed by atoms with Gasteiger partial charge in [0.05, 0.1) is 0 Å². The molecule has 0 amide bonds. The molecule has 0 aromatic heterocycles. The van der Waals surface area contributed by atoms with Crippen LogP contribution in [0.25, 0.3) is 0 Å². The van der Waals surface area contributed by atoms with Crippen LogP contribution in [0.3, 0.4) is 0 Å². The van der Waals surface area contributed by atoms with Crippen LogP contribution in [0.5, 0.6) is 0 Å². The average Bonchev–Trinajstić information content (AvgIpc) is 2.34. The molecule has 19 heavy (non-hydrogen) atoms. The topological polar surface area (TPSA) is 12.0 Å². The van der Waals surface area contributed by atoms with E-state index in [1.807, 2.05) is 7.05 Å². The van der Waals surface area contributed by atoms with Gasteiger partial charge in [0.1, 0.15) is 11.6 Å². The largest absolute Gasteiger partial charge is 0.313 e. The van der Waals surface area contributed by atoms with Crippen LogP contribution in [-0.2, 0) is 0 Å². The molecule has 1 aliphatic carbocycles. The fraction of sp³-hybridized carbons (Fsp3) is 0.625. The van der Waals surface area contributed by atoms with E-state index in [0.717, 1.165) is 18.9 Å². The Labute approximate surface area is 114 Å². The molecule has 0 radical (unpaired) electrons. The van der Waals surface area contributed by atoms with Crippen molar-refractivity contribution in [2.45, 2.75) is 51.0 Å². The van der Waals surface area contributed by atoms with Gasteiger partial charge >= 0.3 is 0 Å². The number of halogens is 2. The molecule has 0 aliphatic heterocycles. The van der Waals surface area contributed by atoms with Crippen molar-refractivity contribution in [2.24, 2.45) is 5.92 Å². The molecule has 1 aliphatic rings. The van der Waals surface area contributed by atoms with Crippen LogP contribution in [0.1, 0.15) is 56.6 Å². The van der Waals surface area contributed by atoms with Gasteiger partial charge in [0.25, 0.3) is 0 Å². The summed E-state index contributed by atoms with van der Waals surface area (Å²) < 4.78 is 27.0. The molecule has 1 unspecified atom stereocenters. The summed E-state index contributed by atoms with van der Waals surface area (Å²) in [5.74, 6) is -0.486. The van der Waals surface area contributed by atoms with Crippen LogP contribution in [-0.4, -0.2) is 7.05 Å². The molecule has 1 saturated carbocycles. The van der Waals surface area contributed by atoms with Crippen LogP contribution < -0.4 is 5.32 Å². The summed E-state index contributed by atoms with van der Waals surface area (Å²) in [5.41, 5.74) is 0.606. The van der Waals surface area contributed by atoms with E-state index in [1.54, 1.807) is 6.07 Å². The Morgan fingerprint density at radius 1 is 1.05 bits per heavy atom. The Morgan fingerprint density at radius 3 is 2.26 bits per heavy atom. The third kappa shape index (κ3) is 3.75. The Morgan fingerprint density at radius 2 is 1.68 bits per heavy atom. The third-order valence-corrected chi connectivity index (χ3v) is 4.23. The van der Waals surface area contributed by atoms with Crippen molar-refractivity contribution in [1.82, 2.24) is 5.32 Å². The molecular weight excluding hydrogens is 244 g/mol. The van der Waals surface area contributed by atoms with Crippen molar-refractivity contribution in [2.75, 3.05) is 7.05 Å². The number of benzene rings is 1. The molecule has 106 valence electrons. The van der Waals surface area contributed by atoms with Crippen LogP contribution >= 0.6 is 0 Å². The highest BCUT2D eigenvalue weighted by Gasteiger charge is 2.24. The first-order chi connectivity index (χ1) is 9.22. The van der Waals surface area contributed by atoms with Gasteiger partial charge in [-0.05, 0) is 31.9 Å². The van der Waals surface area contributed by atoms with E-state index in [-0.39, 0.29) is 6.04 Å². The first-order valence-corrected chi connectivity index (χ1v) is 7.34. The summed E-state index contributed by atoms with van der Waals surface area (Å²) in [7, 11) is 1.87. The zero-order chi connectivity index (χ0) is 13.7. The van der Waals surface area contributed by atoms with Gasteiger partial charge in [-0.25, -0.2) is 8.78 Å². The van der Waals surface area contributed by atoms with Crippen molar-refractivity contribution in [3.63, 3.8) is 0 Å². The minimum atomic E-state index is -0.506. The highest BCUT2D eigenvalue weighted by atomic mass is 19.1. The lowest BCUT2D eigenvalue weighted by molar-refractivity contribution is 0.294. The molecule has 0 spiro atoms. The fourth-order valence-electron chi connectivity index (χ4n) is 3.22. The van der Waals surface area contributed by atoms with E-state index < -0.39 is 11.6 Å². The molecule has 1 nitrogen and oxygen atoms in total. The van der Waals surface area contributed by atoms with Gasteiger partial charge in [-0.15, -0.1) is 0 Å². The number of rotatable bonds is 3.